The molecule has 7 nitrogen and oxygen atoms in total. The van der Waals surface area contributed by atoms with E-state index in [1.165, 1.54) is 26.4 Å². The van der Waals surface area contributed by atoms with Crippen LogP contribution in [0.5, 0.6) is 0 Å². The molecule has 0 bridgehead atoms. The van der Waals surface area contributed by atoms with E-state index >= 15 is 0 Å². The van der Waals surface area contributed by atoms with Crippen molar-refractivity contribution in [2.75, 3.05) is 14.2 Å². The number of benzene rings is 2. The number of rotatable bonds is 6. The highest BCUT2D eigenvalue weighted by Crippen LogP contribution is 2.33. The van der Waals surface area contributed by atoms with Crippen LogP contribution in [0.4, 0.5) is 0 Å². The lowest BCUT2D eigenvalue weighted by molar-refractivity contribution is 0.0558. The monoisotopic (exact) mass is 458 g/mol. The normalized spacial score (nSPS) is 10.7. The van der Waals surface area contributed by atoms with Crippen LogP contribution < -0.4 is 0 Å². The molecule has 0 aliphatic heterocycles. The summed E-state index contributed by atoms with van der Waals surface area (Å²) in [6.45, 7) is 3.80. The Hall–Kier alpha value is -4.39. The second-order valence-corrected chi connectivity index (χ2v) is 7.74. The molecule has 2 aromatic heterocycles. The van der Waals surface area contributed by atoms with Gasteiger partial charge in [0, 0.05) is 22.3 Å². The SMILES string of the molecule is COC(=O)c1ccc(-c2cc(C)ccc2C(=O)c2ccc(C)cc2-c2ccc(C(=O)OC)o2)o1. The molecule has 0 saturated heterocycles. The molecule has 0 amide bonds. The molecule has 2 heterocycles. The third-order valence-corrected chi connectivity index (χ3v) is 5.36. The summed E-state index contributed by atoms with van der Waals surface area (Å²) in [7, 11) is 2.54. The summed E-state index contributed by atoms with van der Waals surface area (Å²) in [4.78, 5) is 37.5. The predicted molar refractivity (Wildman–Crippen MR) is 124 cm³/mol. The molecule has 2 aromatic carbocycles. The zero-order chi connectivity index (χ0) is 24.4. The molecule has 0 N–H and O–H groups in total. The van der Waals surface area contributed by atoms with Gasteiger partial charge in [0.15, 0.2) is 5.78 Å². The van der Waals surface area contributed by atoms with Gasteiger partial charge in [0.25, 0.3) is 0 Å². The second-order valence-electron chi connectivity index (χ2n) is 7.74. The topological polar surface area (TPSA) is 96.0 Å². The summed E-state index contributed by atoms with van der Waals surface area (Å²) in [5, 5.41) is 0. The van der Waals surface area contributed by atoms with Crippen LogP contribution in [-0.2, 0) is 9.47 Å². The van der Waals surface area contributed by atoms with E-state index in [0.29, 0.717) is 33.8 Å². The van der Waals surface area contributed by atoms with Gasteiger partial charge >= 0.3 is 11.9 Å². The van der Waals surface area contributed by atoms with E-state index in [-0.39, 0.29) is 17.3 Å². The highest BCUT2D eigenvalue weighted by molar-refractivity contribution is 6.15. The molecule has 0 fully saturated rings. The fourth-order valence-electron chi connectivity index (χ4n) is 3.65. The van der Waals surface area contributed by atoms with Crippen molar-refractivity contribution in [1.29, 1.82) is 0 Å². The fourth-order valence-corrected chi connectivity index (χ4v) is 3.65. The first kappa shape index (κ1) is 22.8. The summed E-state index contributed by atoms with van der Waals surface area (Å²) in [5.74, 6) is -0.659. The van der Waals surface area contributed by atoms with Gasteiger partial charge in [-0.15, -0.1) is 0 Å². The number of carbonyl (C=O) groups excluding carboxylic acids is 3. The van der Waals surface area contributed by atoms with Gasteiger partial charge in [-0.1, -0.05) is 35.4 Å². The highest BCUT2D eigenvalue weighted by atomic mass is 16.5. The van der Waals surface area contributed by atoms with E-state index in [1.54, 1.807) is 24.3 Å². The van der Waals surface area contributed by atoms with Gasteiger partial charge in [0.05, 0.1) is 14.2 Å². The Balaban J connectivity index is 1.82. The van der Waals surface area contributed by atoms with Crippen LogP contribution in [0.25, 0.3) is 22.6 Å². The molecule has 172 valence electrons. The number of esters is 2. The van der Waals surface area contributed by atoms with Gasteiger partial charge in [0.2, 0.25) is 11.5 Å². The van der Waals surface area contributed by atoms with Crippen molar-refractivity contribution in [2.24, 2.45) is 0 Å². The number of aryl methyl sites for hydroxylation is 2. The van der Waals surface area contributed by atoms with Crippen LogP contribution >= 0.6 is 0 Å². The molecule has 0 aliphatic rings. The Bertz CT molecular complexity index is 1300. The van der Waals surface area contributed by atoms with Gasteiger partial charge in [-0.2, -0.15) is 0 Å². The Kier molecular flexibility index (Phi) is 6.19. The average Bonchev–Trinajstić information content (AvgIpc) is 3.53. The number of furan rings is 2. The maximum atomic E-state index is 13.8. The first-order chi connectivity index (χ1) is 16.3. The van der Waals surface area contributed by atoms with Crippen molar-refractivity contribution in [2.45, 2.75) is 13.8 Å². The van der Waals surface area contributed by atoms with Gasteiger partial charge in [0.1, 0.15) is 11.5 Å². The van der Waals surface area contributed by atoms with Crippen LogP contribution in [0.2, 0.25) is 0 Å². The minimum absolute atomic E-state index is 0.0411. The molecule has 4 aromatic rings. The molecule has 0 atom stereocenters. The van der Waals surface area contributed by atoms with E-state index in [1.807, 2.05) is 38.1 Å². The molecular formula is C27H22O7. The lowest BCUT2D eigenvalue weighted by atomic mass is 9.91. The number of ketones is 1. The lowest BCUT2D eigenvalue weighted by Crippen LogP contribution is -2.06. The number of carbonyl (C=O) groups is 3. The van der Waals surface area contributed by atoms with E-state index < -0.39 is 11.9 Å². The van der Waals surface area contributed by atoms with Crippen molar-refractivity contribution in [3.05, 3.63) is 94.4 Å². The first-order valence-corrected chi connectivity index (χ1v) is 10.5. The average molecular weight is 458 g/mol. The molecule has 34 heavy (non-hydrogen) atoms. The summed E-state index contributed by atoms with van der Waals surface area (Å²) < 4.78 is 20.8. The standard InChI is InChI=1S/C27H22O7/c1-15-5-7-17(19(13-15)21-9-11-23(33-21)26(29)31-3)25(28)18-8-6-16(2)14-20(18)22-10-12-24(34-22)27(30)32-4/h5-14H,1-4H3. The maximum Gasteiger partial charge on any atom is 0.373 e. The highest BCUT2D eigenvalue weighted by Gasteiger charge is 2.23. The van der Waals surface area contributed by atoms with E-state index in [4.69, 9.17) is 18.3 Å². The van der Waals surface area contributed by atoms with Crippen molar-refractivity contribution in [3.63, 3.8) is 0 Å². The Morgan fingerprint density at radius 1 is 0.618 bits per heavy atom. The molecule has 0 unspecified atom stereocenters. The van der Waals surface area contributed by atoms with Crippen LogP contribution in [0.15, 0.2) is 69.5 Å². The second kappa shape index (κ2) is 9.23. The van der Waals surface area contributed by atoms with Crippen LogP contribution in [0, 0.1) is 13.8 Å². The van der Waals surface area contributed by atoms with Gasteiger partial charge in [-0.3, -0.25) is 4.79 Å². The fraction of sp³-hybridized carbons (Fsp3) is 0.148. The number of ether oxygens (including phenoxy) is 2. The molecule has 0 radical (unpaired) electrons. The minimum atomic E-state index is -0.605. The van der Waals surface area contributed by atoms with Crippen molar-refractivity contribution in [3.8, 4) is 22.6 Å². The van der Waals surface area contributed by atoms with Gasteiger partial charge in [-0.25, -0.2) is 9.59 Å². The maximum absolute atomic E-state index is 13.8. The van der Waals surface area contributed by atoms with Crippen molar-refractivity contribution in [1.82, 2.24) is 0 Å². The molecular weight excluding hydrogens is 436 g/mol. The van der Waals surface area contributed by atoms with Crippen LogP contribution in [-0.4, -0.2) is 31.9 Å². The van der Waals surface area contributed by atoms with Crippen molar-refractivity contribution >= 4 is 17.7 Å². The molecule has 0 aliphatic carbocycles. The third kappa shape index (κ3) is 4.28. The lowest BCUT2D eigenvalue weighted by Gasteiger charge is -2.12. The molecule has 0 saturated carbocycles. The number of hydrogen-bond donors (Lipinski definition) is 0. The Labute approximate surface area is 195 Å². The predicted octanol–water partition coefficient (Wildman–Crippen LogP) is 5.63. The van der Waals surface area contributed by atoms with Gasteiger partial charge in [-0.05, 0) is 50.2 Å². The zero-order valence-corrected chi connectivity index (χ0v) is 19.1. The van der Waals surface area contributed by atoms with Crippen LogP contribution in [0.3, 0.4) is 0 Å². The summed E-state index contributed by atoms with van der Waals surface area (Å²) in [5.41, 5.74) is 3.70. The van der Waals surface area contributed by atoms with Crippen molar-refractivity contribution < 1.29 is 32.7 Å². The zero-order valence-electron chi connectivity index (χ0n) is 19.1. The number of methoxy groups -OCH3 is 2. The molecule has 4 rings (SSSR count). The van der Waals surface area contributed by atoms with Gasteiger partial charge < -0.3 is 18.3 Å². The number of hydrogen-bond acceptors (Lipinski definition) is 7. The largest absolute Gasteiger partial charge is 0.463 e. The quantitative estimate of drug-likeness (QED) is 0.273. The summed E-state index contributed by atoms with van der Waals surface area (Å²) in [6, 6.07) is 17.0. The van der Waals surface area contributed by atoms with E-state index in [2.05, 4.69) is 0 Å². The summed E-state index contributed by atoms with van der Waals surface area (Å²) >= 11 is 0. The Morgan fingerprint density at radius 3 is 1.41 bits per heavy atom. The molecule has 0 spiro atoms. The van der Waals surface area contributed by atoms with E-state index in [9.17, 15) is 14.4 Å². The minimum Gasteiger partial charge on any atom is -0.463 e. The van der Waals surface area contributed by atoms with Crippen LogP contribution in [0.1, 0.15) is 48.2 Å². The Morgan fingerprint density at radius 2 is 1.03 bits per heavy atom. The first-order valence-electron chi connectivity index (χ1n) is 10.5. The third-order valence-electron chi connectivity index (χ3n) is 5.36. The molecule has 7 heteroatoms. The smallest absolute Gasteiger partial charge is 0.373 e. The summed E-state index contributed by atoms with van der Waals surface area (Å²) in [6.07, 6.45) is 0. The van der Waals surface area contributed by atoms with E-state index in [0.717, 1.165) is 11.1 Å².